The van der Waals surface area contributed by atoms with Crippen LogP contribution in [0.1, 0.15) is 24.5 Å². The molecule has 1 atom stereocenters. The van der Waals surface area contributed by atoms with Crippen molar-refractivity contribution in [2.24, 2.45) is 0 Å². The van der Waals surface area contributed by atoms with Crippen LogP contribution in [0.4, 0.5) is 10.5 Å². The number of carbonyl (C=O) groups is 1. The Labute approximate surface area is 131 Å². The number of urea groups is 1. The third-order valence-electron chi connectivity index (χ3n) is 3.46. The van der Waals surface area contributed by atoms with Crippen LogP contribution >= 0.6 is 0 Å². The van der Waals surface area contributed by atoms with Gasteiger partial charge in [-0.3, -0.25) is 0 Å². The average Bonchev–Trinajstić information content (AvgIpc) is 2.46. The van der Waals surface area contributed by atoms with E-state index in [1.54, 1.807) is 12.1 Å². The predicted octanol–water partition coefficient (Wildman–Crippen LogP) is 3.84. The Morgan fingerprint density at radius 1 is 1.18 bits per heavy atom. The van der Waals surface area contributed by atoms with E-state index >= 15 is 0 Å². The van der Waals surface area contributed by atoms with Crippen LogP contribution in [-0.2, 0) is 6.42 Å². The molecule has 0 aliphatic carbocycles. The Balaban J connectivity index is 1.77. The summed E-state index contributed by atoms with van der Waals surface area (Å²) in [7, 11) is 0. The molecule has 4 nitrogen and oxygen atoms in total. The standard InChI is InChI=1S/C18H22N2O2/c1-13-4-3-5-16(12-13)20-18(22)19-14(2)6-7-15-8-10-17(21)11-9-15/h3-5,8-12,14,21H,6-7H2,1-2H3,(H2,19,20,22). The van der Waals surface area contributed by atoms with Crippen molar-refractivity contribution in [3.05, 3.63) is 59.7 Å². The molecule has 2 rings (SSSR count). The molecule has 2 aromatic carbocycles. The number of nitrogens with one attached hydrogen (secondary N) is 2. The number of hydrogen-bond acceptors (Lipinski definition) is 2. The van der Waals surface area contributed by atoms with Crippen molar-refractivity contribution in [2.45, 2.75) is 32.7 Å². The SMILES string of the molecule is Cc1cccc(NC(=O)NC(C)CCc2ccc(O)cc2)c1. The highest BCUT2D eigenvalue weighted by molar-refractivity contribution is 5.89. The van der Waals surface area contributed by atoms with Gasteiger partial charge in [0.05, 0.1) is 0 Å². The first kappa shape index (κ1) is 15.9. The van der Waals surface area contributed by atoms with Gasteiger partial charge in [-0.1, -0.05) is 24.3 Å². The smallest absolute Gasteiger partial charge is 0.319 e. The molecule has 0 aliphatic rings. The number of phenols is 1. The van der Waals surface area contributed by atoms with Crippen LogP contribution in [0, 0.1) is 6.92 Å². The first-order valence-corrected chi connectivity index (χ1v) is 7.45. The van der Waals surface area contributed by atoms with Crippen LogP contribution in [0.2, 0.25) is 0 Å². The molecule has 0 radical (unpaired) electrons. The van der Waals surface area contributed by atoms with E-state index in [1.165, 1.54) is 0 Å². The molecule has 22 heavy (non-hydrogen) atoms. The van der Waals surface area contributed by atoms with Crippen molar-refractivity contribution in [1.82, 2.24) is 5.32 Å². The van der Waals surface area contributed by atoms with Gasteiger partial charge in [-0.05, 0) is 62.1 Å². The second-order valence-corrected chi connectivity index (χ2v) is 5.57. The van der Waals surface area contributed by atoms with Gasteiger partial charge in [0.25, 0.3) is 0 Å². The lowest BCUT2D eigenvalue weighted by Gasteiger charge is -2.15. The molecule has 0 saturated heterocycles. The minimum atomic E-state index is -0.191. The minimum absolute atomic E-state index is 0.0682. The summed E-state index contributed by atoms with van der Waals surface area (Å²) >= 11 is 0. The van der Waals surface area contributed by atoms with E-state index in [0.717, 1.165) is 29.7 Å². The molecule has 0 spiro atoms. The number of carbonyl (C=O) groups excluding carboxylic acids is 1. The summed E-state index contributed by atoms with van der Waals surface area (Å²) < 4.78 is 0. The average molecular weight is 298 g/mol. The van der Waals surface area contributed by atoms with Crippen LogP contribution in [0.5, 0.6) is 5.75 Å². The summed E-state index contributed by atoms with van der Waals surface area (Å²) in [5, 5.41) is 15.0. The maximum atomic E-state index is 11.9. The van der Waals surface area contributed by atoms with Crippen molar-refractivity contribution in [3.8, 4) is 5.75 Å². The van der Waals surface area contributed by atoms with Crippen molar-refractivity contribution < 1.29 is 9.90 Å². The summed E-state index contributed by atoms with van der Waals surface area (Å²) in [4.78, 5) is 11.9. The lowest BCUT2D eigenvalue weighted by molar-refractivity contribution is 0.248. The Morgan fingerprint density at radius 2 is 1.91 bits per heavy atom. The largest absolute Gasteiger partial charge is 0.508 e. The number of hydrogen-bond donors (Lipinski definition) is 3. The second kappa shape index (κ2) is 7.50. The molecule has 1 unspecified atom stereocenters. The van der Waals surface area contributed by atoms with Crippen LogP contribution in [0.3, 0.4) is 0 Å². The van der Waals surface area contributed by atoms with Gasteiger partial charge in [0, 0.05) is 11.7 Å². The lowest BCUT2D eigenvalue weighted by atomic mass is 10.1. The minimum Gasteiger partial charge on any atom is -0.508 e. The second-order valence-electron chi connectivity index (χ2n) is 5.57. The van der Waals surface area contributed by atoms with Gasteiger partial charge in [-0.25, -0.2) is 4.79 Å². The summed E-state index contributed by atoms with van der Waals surface area (Å²) in [6.07, 6.45) is 1.69. The molecule has 2 aromatic rings. The molecule has 116 valence electrons. The molecule has 3 N–H and O–H groups in total. The molecule has 4 heteroatoms. The van der Waals surface area contributed by atoms with Crippen LogP contribution < -0.4 is 10.6 Å². The number of amides is 2. The van der Waals surface area contributed by atoms with Crippen LogP contribution in [0.15, 0.2) is 48.5 Å². The van der Waals surface area contributed by atoms with Crippen LogP contribution in [0.25, 0.3) is 0 Å². The molecule has 0 heterocycles. The maximum Gasteiger partial charge on any atom is 0.319 e. The Morgan fingerprint density at radius 3 is 2.59 bits per heavy atom. The van der Waals surface area contributed by atoms with Gasteiger partial charge in [-0.15, -0.1) is 0 Å². The van der Waals surface area contributed by atoms with Crippen molar-refractivity contribution in [2.75, 3.05) is 5.32 Å². The van der Waals surface area contributed by atoms with E-state index in [-0.39, 0.29) is 17.8 Å². The topological polar surface area (TPSA) is 61.4 Å². The zero-order valence-corrected chi connectivity index (χ0v) is 13.0. The number of aryl methyl sites for hydroxylation is 2. The fraction of sp³-hybridized carbons (Fsp3) is 0.278. The summed E-state index contributed by atoms with van der Waals surface area (Å²) in [6.45, 7) is 3.97. The highest BCUT2D eigenvalue weighted by Gasteiger charge is 2.08. The monoisotopic (exact) mass is 298 g/mol. The zero-order valence-electron chi connectivity index (χ0n) is 13.0. The summed E-state index contributed by atoms with van der Waals surface area (Å²) in [6, 6.07) is 14.7. The Kier molecular flexibility index (Phi) is 5.42. The molecule has 0 saturated carbocycles. The van der Waals surface area contributed by atoms with E-state index in [2.05, 4.69) is 10.6 Å². The number of benzene rings is 2. The molecular weight excluding hydrogens is 276 g/mol. The van der Waals surface area contributed by atoms with Gasteiger partial charge in [0.15, 0.2) is 0 Å². The highest BCUT2D eigenvalue weighted by Crippen LogP contribution is 2.12. The number of rotatable bonds is 5. The molecule has 0 aromatic heterocycles. The van der Waals surface area contributed by atoms with E-state index in [9.17, 15) is 9.90 Å². The van der Waals surface area contributed by atoms with Gasteiger partial charge in [0.1, 0.15) is 5.75 Å². The van der Waals surface area contributed by atoms with Crippen molar-refractivity contribution >= 4 is 11.7 Å². The summed E-state index contributed by atoms with van der Waals surface area (Å²) in [5.74, 6) is 0.271. The maximum absolute atomic E-state index is 11.9. The van der Waals surface area contributed by atoms with E-state index in [0.29, 0.717) is 0 Å². The zero-order chi connectivity index (χ0) is 15.9. The predicted molar refractivity (Wildman–Crippen MR) is 89.2 cm³/mol. The Hall–Kier alpha value is -2.49. The fourth-order valence-corrected chi connectivity index (χ4v) is 2.23. The van der Waals surface area contributed by atoms with E-state index in [4.69, 9.17) is 0 Å². The van der Waals surface area contributed by atoms with E-state index < -0.39 is 0 Å². The lowest BCUT2D eigenvalue weighted by Crippen LogP contribution is -2.36. The van der Waals surface area contributed by atoms with E-state index in [1.807, 2.05) is 50.2 Å². The molecule has 0 bridgehead atoms. The quantitative estimate of drug-likeness (QED) is 0.785. The number of phenolic OH excluding ortho intramolecular Hbond substituents is 1. The molecule has 0 fully saturated rings. The fourth-order valence-electron chi connectivity index (χ4n) is 2.23. The third kappa shape index (κ3) is 5.13. The normalized spacial score (nSPS) is 11.7. The Bertz CT molecular complexity index is 623. The van der Waals surface area contributed by atoms with Crippen molar-refractivity contribution in [1.29, 1.82) is 0 Å². The first-order valence-electron chi connectivity index (χ1n) is 7.45. The van der Waals surface area contributed by atoms with Crippen LogP contribution in [-0.4, -0.2) is 17.2 Å². The van der Waals surface area contributed by atoms with Gasteiger partial charge in [0.2, 0.25) is 0 Å². The first-order chi connectivity index (χ1) is 10.5. The number of anilines is 1. The van der Waals surface area contributed by atoms with Crippen molar-refractivity contribution in [3.63, 3.8) is 0 Å². The molecule has 0 aliphatic heterocycles. The molecule has 2 amide bonds. The van der Waals surface area contributed by atoms with Gasteiger partial charge < -0.3 is 15.7 Å². The third-order valence-corrected chi connectivity index (χ3v) is 3.46. The van der Waals surface area contributed by atoms with Gasteiger partial charge >= 0.3 is 6.03 Å². The highest BCUT2D eigenvalue weighted by atomic mass is 16.3. The molecular formula is C18H22N2O2. The van der Waals surface area contributed by atoms with Gasteiger partial charge in [-0.2, -0.15) is 0 Å². The summed E-state index contributed by atoms with van der Waals surface area (Å²) in [5.41, 5.74) is 3.05. The number of aromatic hydroxyl groups is 1.